The molecule has 2 fully saturated rings. The molecule has 0 aromatic heterocycles. The number of hydroxylamine groups is 2. The quantitative estimate of drug-likeness (QED) is 0.591. The lowest BCUT2D eigenvalue weighted by atomic mass is 9.85. The maximum Gasteiger partial charge on any atom is 0.250 e. The van der Waals surface area contributed by atoms with Crippen LogP contribution in [0.2, 0.25) is 0 Å². The van der Waals surface area contributed by atoms with E-state index in [2.05, 4.69) is 11.4 Å². The van der Waals surface area contributed by atoms with Gasteiger partial charge in [0, 0.05) is 25.5 Å². The lowest BCUT2D eigenvalue weighted by Crippen LogP contribution is -2.51. The molecule has 5 rings (SSSR count). The van der Waals surface area contributed by atoms with Crippen LogP contribution in [0.4, 0.5) is 0 Å². The summed E-state index contributed by atoms with van der Waals surface area (Å²) in [5.74, 6) is -0.728. The van der Waals surface area contributed by atoms with Gasteiger partial charge in [0.25, 0.3) is 5.91 Å². The van der Waals surface area contributed by atoms with E-state index in [1.165, 1.54) is 5.06 Å². The summed E-state index contributed by atoms with van der Waals surface area (Å²) >= 11 is 0. The molecule has 32 heavy (non-hydrogen) atoms. The molecular formula is C26H38N2O4. The molecule has 1 aromatic carbocycles. The van der Waals surface area contributed by atoms with Crippen LogP contribution in [0.25, 0.3) is 0 Å². The molecule has 6 nitrogen and oxygen atoms in total. The van der Waals surface area contributed by atoms with Crippen LogP contribution in [0.1, 0.15) is 52.0 Å². The smallest absolute Gasteiger partial charge is 0.250 e. The first-order valence-corrected chi connectivity index (χ1v) is 11.6. The monoisotopic (exact) mass is 442 g/mol. The molecule has 6 atom stereocenters. The second-order valence-electron chi connectivity index (χ2n) is 9.09. The number of methoxy groups -OCH3 is 1. The second kappa shape index (κ2) is 11.2. The number of ether oxygens (including phenoxy) is 1. The topological polar surface area (TPSA) is 67.9 Å². The number of nitrogens with zero attached hydrogens (tertiary/aromatic N) is 1. The van der Waals surface area contributed by atoms with Gasteiger partial charge in [0.05, 0.1) is 18.1 Å². The molecule has 2 saturated heterocycles. The number of amides is 1. The van der Waals surface area contributed by atoms with Gasteiger partial charge in [-0.1, -0.05) is 56.8 Å². The molecule has 6 heteroatoms. The molecule has 176 valence electrons. The number of carbonyl (C=O) groups is 2. The van der Waals surface area contributed by atoms with Crippen LogP contribution < -0.4 is 5.32 Å². The van der Waals surface area contributed by atoms with Crippen LogP contribution in [0.5, 0.6) is 0 Å². The summed E-state index contributed by atoms with van der Waals surface area (Å²) in [5.41, 5.74) is 1.06. The third-order valence-electron chi connectivity index (χ3n) is 6.95. The van der Waals surface area contributed by atoms with E-state index in [-0.39, 0.29) is 55.7 Å². The molecule has 3 aliphatic heterocycles. The Kier molecular flexibility index (Phi) is 8.63. The van der Waals surface area contributed by atoms with Gasteiger partial charge in [-0.05, 0) is 44.2 Å². The third kappa shape index (κ3) is 5.48. The Labute approximate surface area is 192 Å². The number of hydrogen-bond acceptors (Lipinski definition) is 5. The minimum absolute atomic E-state index is 0. The molecule has 3 heterocycles. The van der Waals surface area contributed by atoms with Gasteiger partial charge < -0.3 is 10.1 Å². The van der Waals surface area contributed by atoms with Gasteiger partial charge in [-0.2, -0.15) is 0 Å². The van der Waals surface area contributed by atoms with Gasteiger partial charge in [0.15, 0.2) is 0 Å². The number of benzene rings is 1. The average molecular weight is 443 g/mol. The fourth-order valence-corrected chi connectivity index (χ4v) is 5.15. The van der Waals surface area contributed by atoms with Crippen LogP contribution in [-0.4, -0.2) is 54.7 Å². The standard InChI is InChI=1S/C25H34N2O4.CH4/c1-17(24(30-2)22-9-6-14-26-22)23(28)16-19(15-18-7-4-3-5-8-18)25(29)27-20-10-12-21(31-27)13-11-20;/h3-5,7-8,10,12,17,19-22,24,26H,6,9,11,13-16H2,1-2H3;1H4/t17-,19+,20?,21?,22-,24+;/m0./s1. The van der Waals surface area contributed by atoms with E-state index in [1.807, 2.05) is 43.3 Å². The zero-order chi connectivity index (χ0) is 21.8. The van der Waals surface area contributed by atoms with Gasteiger partial charge in [0.1, 0.15) is 11.9 Å². The average Bonchev–Trinajstić information content (AvgIpc) is 3.34. The fraction of sp³-hybridized carbons (Fsp3) is 0.615. The van der Waals surface area contributed by atoms with E-state index in [0.29, 0.717) is 6.42 Å². The Bertz CT molecular complexity index is 790. The van der Waals surface area contributed by atoms with Crippen molar-refractivity contribution in [3.05, 3.63) is 48.0 Å². The normalized spacial score (nSPS) is 26.9. The van der Waals surface area contributed by atoms with Crippen molar-refractivity contribution < 1.29 is 19.2 Å². The van der Waals surface area contributed by atoms with E-state index >= 15 is 0 Å². The predicted octanol–water partition coefficient (Wildman–Crippen LogP) is 3.70. The summed E-state index contributed by atoms with van der Waals surface area (Å²) in [6.45, 7) is 2.89. The zero-order valence-electron chi connectivity index (χ0n) is 18.5. The van der Waals surface area contributed by atoms with Crippen LogP contribution in [0, 0.1) is 11.8 Å². The number of nitrogens with one attached hydrogen (secondary N) is 1. The molecule has 0 spiro atoms. The van der Waals surface area contributed by atoms with E-state index in [9.17, 15) is 9.59 Å². The number of hydrogen-bond donors (Lipinski definition) is 1. The molecule has 2 unspecified atom stereocenters. The number of carbonyl (C=O) groups excluding carboxylic acids is 2. The largest absolute Gasteiger partial charge is 0.379 e. The van der Waals surface area contributed by atoms with Crippen molar-refractivity contribution in [3.8, 4) is 0 Å². The van der Waals surface area contributed by atoms with Crippen molar-refractivity contribution in [1.29, 1.82) is 0 Å². The highest BCUT2D eigenvalue weighted by Gasteiger charge is 2.40. The van der Waals surface area contributed by atoms with Crippen molar-refractivity contribution >= 4 is 11.7 Å². The lowest BCUT2D eigenvalue weighted by molar-refractivity contribution is -0.234. The molecule has 1 aromatic rings. The van der Waals surface area contributed by atoms with E-state index < -0.39 is 5.92 Å². The van der Waals surface area contributed by atoms with Gasteiger partial charge in [-0.3, -0.25) is 14.4 Å². The SMILES string of the molecule is C.CO[C@@H]([C@@H]1CCCN1)[C@@H](C)C(=O)C[C@@H](Cc1ccccc1)C(=O)N1OC2C=CC1CC2. The van der Waals surface area contributed by atoms with E-state index in [1.54, 1.807) is 7.11 Å². The first-order chi connectivity index (χ1) is 15.1. The Hall–Kier alpha value is -2.02. The maximum atomic E-state index is 13.5. The van der Waals surface area contributed by atoms with E-state index in [0.717, 1.165) is 37.8 Å². The highest BCUT2D eigenvalue weighted by molar-refractivity contribution is 5.88. The number of Topliss-reactive ketones (excluding diaryl/α,β-unsaturated/α-hetero) is 1. The molecule has 1 amide bonds. The molecule has 1 aliphatic carbocycles. The minimum atomic E-state index is -0.445. The fourth-order valence-electron chi connectivity index (χ4n) is 5.15. The first-order valence-electron chi connectivity index (χ1n) is 11.6. The predicted molar refractivity (Wildman–Crippen MR) is 125 cm³/mol. The van der Waals surface area contributed by atoms with Gasteiger partial charge in [-0.15, -0.1) is 0 Å². The lowest BCUT2D eigenvalue weighted by Gasteiger charge is -2.41. The van der Waals surface area contributed by atoms with Gasteiger partial charge >= 0.3 is 0 Å². The highest BCUT2D eigenvalue weighted by atomic mass is 16.7. The van der Waals surface area contributed by atoms with Crippen molar-refractivity contribution in [2.75, 3.05) is 13.7 Å². The summed E-state index contributed by atoms with van der Waals surface area (Å²) in [4.78, 5) is 32.7. The highest BCUT2D eigenvalue weighted by Crippen LogP contribution is 2.31. The summed E-state index contributed by atoms with van der Waals surface area (Å²) < 4.78 is 5.72. The first kappa shape index (κ1) is 24.6. The molecular weight excluding hydrogens is 404 g/mol. The molecule has 2 bridgehead atoms. The summed E-state index contributed by atoms with van der Waals surface area (Å²) in [6, 6.07) is 10.1. The van der Waals surface area contributed by atoms with Crippen LogP contribution in [0.3, 0.4) is 0 Å². The van der Waals surface area contributed by atoms with Crippen LogP contribution in [0.15, 0.2) is 42.5 Å². The molecule has 0 saturated carbocycles. The van der Waals surface area contributed by atoms with Gasteiger partial charge in [-0.25, -0.2) is 5.06 Å². The van der Waals surface area contributed by atoms with Crippen LogP contribution >= 0.6 is 0 Å². The van der Waals surface area contributed by atoms with Crippen molar-refractivity contribution in [2.24, 2.45) is 11.8 Å². The molecule has 1 N–H and O–H groups in total. The van der Waals surface area contributed by atoms with Crippen molar-refractivity contribution in [2.45, 2.75) is 77.2 Å². The number of rotatable bonds is 9. The number of fused-ring (bicyclic) bond motifs is 2. The van der Waals surface area contributed by atoms with Crippen LogP contribution in [-0.2, 0) is 25.6 Å². The zero-order valence-corrected chi connectivity index (χ0v) is 18.5. The maximum absolute atomic E-state index is 13.5. The minimum Gasteiger partial charge on any atom is -0.379 e. The Balaban J connectivity index is 0.00000289. The Morgan fingerprint density at radius 1 is 1.19 bits per heavy atom. The molecule has 0 radical (unpaired) electrons. The third-order valence-corrected chi connectivity index (χ3v) is 6.95. The number of ketones is 1. The van der Waals surface area contributed by atoms with Crippen molar-refractivity contribution in [3.63, 3.8) is 0 Å². The summed E-state index contributed by atoms with van der Waals surface area (Å²) in [6.07, 6.45) is 8.58. The summed E-state index contributed by atoms with van der Waals surface area (Å²) in [5, 5.41) is 4.98. The summed E-state index contributed by atoms with van der Waals surface area (Å²) in [7, 11) is 1.67. The van der Waals surface area contributed by atoms with Gasteiger partial charge in [0.2, 0.25) is 0 Å². The Morgan fingerprint density at radius 2 is 1.97 bits per heavy atom. The second-order valence-corrected chi connectivity index (χ2v) is 9.09. The molecule has 4 aliphatic rings. The Morgan fingerprint density at radius 3 is 2.53 bits per heavy atom. The van der Waals surface area contributed by atoms with Crippen molar-refractivity contribution in [1.82, 2.24) is 10.4 Å². The van der Waals surface area contributed by atoms with E-state index in [4.69, 9.17) is 9.57 Å².